The van der Waals surface area contributed by atoms with Crippen LogP contribution in [0, 0.1) is 6.92 Å². The van der Waals surface area contributed by atoms with Crippen molar-refractivity contribution in [1.82, 2.24) is 4.90 Å². The van der Waals surface area contributed by atoms with Gasteiger partial charge in [0.1, 0.15) is 0 Å². The first kappa shape index (κ1) is 14.3. The van der Waals surface area contributed by atoms with Gasteiger partial charge < -0.3 is 10.2 Å². The molecule has 5 heteroatoms. The number of likely N-dealkylation sites (N-methyl/N-ethyl adjacent to an activating group) is 1. The van der Waals surface area contributed by atoms with E-state index >= 15 is 0 Å². The Bertz CT molecular complexity index is 511. The molecule has 1 saturated heterocycles. The van der Waals surface area contributed by atoms with Crippen molar-refractivity contribution in [1.29, 1.82) is 0 Å². The van der Waals surface area contributed by atoms with Gasteiger partial charge in [-0.05, 0) is 32.5 Å². The van der Waals surface area contributed by atoms with Gasteiger partial charge in [-0.3, -0.25) is 0 Å². The highest BCUT2D eigenvalue weighted by Gasteiger charge is 2.30. The molecular formula is C14H22N2O2S. The summed E-state index contributed by atoms with van der Waals surface area (Å²) in [6.07, 6.45) is 0.767. The maximum atomic E-state index is 11.4. The summed E-state index contributed by atoms with van der Waals surface area (Å²) in [6, 6.07) is 8.47. The van der Waals surface area contributed by atoms with Gasteiger partial charge in [0, 0.05) is 24.8 Å². The molecule has 1 aliphatic rings. The Hall–Kier alpha value is -1.07. The molecule has 0 bridgehead atoms. The van der Waals surface area contributed by atoms with Crippen molar-refractivity contribution in [2.75, 3.05) is 37.0 Å². The van der Waals surface area contributed by atoms with Crippen molar-refractivity contribution in [2.45, 2.75) is 19.4 Å². The minimum atomic E-state index is -2.78. The van der Waals surface area contributed by atoms with Crippen LogP contribution in [0.4, 0.5) is 5.69 Å². The third kappa shape index (κ3) is 4.21. The number of nitrogens with zero attached hydrogens (tertiary/aromatic N) is 1. The summed E-state index contributed by atoms with van der Waals surface area (Å²) in [5, 5.41) is 3.36. The van der Waals surface area contributed by atoms with E-state index in [1.807, 2.05) is 7.05 Å². The molecule has 2 rings (SSSR count). The van der Waals surface area contributed by atoms with E-state index in [-0.39, 0.29) is 6.04 Å². The second kappa shape index (κ2) is 5.92. The molecular weight excluding hydrogens is 260 g/mol. The summed E-state index contributed by atoms with van der Waals surface area (Å²) in [5.41, 5.74) is 2.36. The maximum absolute atomic E-state index is 11.4. The van der Waals surface area contributed by atoms with Crippen LogP contribution in [-0.4, -0.2) is 51.0 Å². The molecule has 1 unspecified atom stereocenters. The van der Waals surface area contributed by atoms with E-state index in [0.717, 1.165) is 25.2 Å². The topological polar surface area (TPSA) is 49.4 Å². The van der Waals surface area contributed by atoms with Crippen molar-refractivity contribution >= 4 is 15.5 Å². The zero-order valence-electron chi connectivity index (χ0n) is 11.6. The highest BCUT2D eigenvalue weighted by atomic mass is 32.2. The zero-order chi connectivity index (χ0) is 13.9. The summed E-state index contributed by atoms with van der Waals surface area (Å²) >= 11 is 0. The van der Waals surface area contributed by atoms with E-state index in [1.54, 1.807) is 0 Å². The summed E-state index contributed by atoms with van der Waals surface area (Å²) in [5.74, 6) is 0.654. The highest BCUT2D eigenvalue weighted by molar-refractivity contribution is 7.91. The molecule has 1 N–H and O–H groups in total. The van der Waals surface area contributed by atoms with E-state index in [9.17, 15) is 8.42 Å². The summed E-state index contributed by atoms with van der Waals surface area (Å²) in [4.78, 5) is 2.14. The van der Waals surface area contributed by atoms with Gasteiger partial charge in [0.15, 0.2) is 9.84 Å². The van der Waals surface area contributed by atoms with Crippen molar-refractivity contribution in [2.24, 2.45) is 0 Å². The molecule has 0 saturated carbocycles. The molecule has 1 aromatic rings. The molecule has 0 radical (unpaired) electrons. The minimum absolute atomic E-state index is 0.185. The van der Waals surface area contributed by atoms with Crippen molar-refractivity contribution in [3.8, 4) is 0 Å². The molecule has 4 nitrogen and oxygen atoms in total. The quantitative estimate of drug-likeness (QED) is 0.890. The number of sulfone groups is 1. The Kier molecular flexibility index (Phi) is 4.47. The lowest BCUT2D eigenvalue weighted by molar-refractivity contribution is 0.272. The fourth-order valence-electron chi connectivity index (χ4n) is 2.35. The number of aryl methyl sites for hydroxylation is 1. The predicted octanol–water partition coefficient (Wildman–Crippen LogP) is 1.53. The predicted molar refractivity (Wildman–Crippen MR) is 79.4 cm³/mol. The smallest absolute Gasteiger partial charge is 0.151 e. The lowest BCUT2D eigenvalue weighted by Gasteiger charge is -2.23. The van der Waals surface area contributed by atoms with Gasteiger partial charge in [0.05, 0.1) is 11.5 Å². The van der Waals surface area contributed by atoms with Crippen LogP contribution in [0.1, 0.15) is 12.0 Å². The number of anilines is 1. The van der Waals surface area contributed by atoms with Gasteiger partial charge in [-0.2, -0.15) is 0 Å². The van der Waals surface area contributed by atoms with Crippen molar-refractivity contribution in [3.63, 3.8) is 0 Å². The second-order valence-electron chi connectivity index (χ2n) is 5.33. The number of rotatable bonds is 5. The van der Waals surface area contributed by atoms with Crippen LogP contribution in [0.15, 0.2) is 24.3 Å². The fraction of sp³-hybridized carbons (Fsp3) is 0.571. The second-order valence-corrected chi connectivity index (χ2v) is 7.56. The molecule has 106 valence electrons. The molecule has 1 fully saturated rings. The molecule has 1 aliphatic heterocycles. The molecule has 1 aromatic carbocycles. The molecule has 0 spiro atoms. The van der Waals surface area contributed by atoms with Gasteiger partial charge >= 0.3 is 0 Å². The Morgan fingerprint density at radius 1 is 1.32 bits per heavy atom. The van der Waals surface area contributed by atoms with Crippen LogP contribution in [-0.2, 0) is 9.84 Å². The number of benzene rings is 1. The summed E-state index contributed by atoms with van der Waals surface area (Å²) in [7, 11) is -0.782. The monoisotopic (exact) mass is 282 g/mol. The van der Waals surface area contributed by atoms with Crippen molar-refractivity contribution in [3.05, 3.63) is 29.8 Å². The van der Waals surface area contributed by atoms with E-state index < -0.39 is 9.84 Å². The van der Waals surface area contributed by atoms with Crippen molar-refractivity contribution < 1.29 is 8.42 Å². The van der Waals surface area contributed by atoms with E-state index in [2.05, 4.69) is 41.4 Å². The Balaban J connectivity index is 1.75. The van der Waals surface area contributed by atoms with Gasteiger partial charge in [-0.15, -0.1) is 0 Å². The lowest BCUT2D eigenvalue weighted by Crippen LogP contribution is -2.36. The first-order valence-electron chi connectivity index (χ1n) is 6.67. The number of hydrogen-bond acceptors (Lipinski definition) is 4. The van der Waals surface area contributed by atoms with E-state index in [4.69, 9.17) is 0 Å². The maximum Gasteiger partial charge on any atom is 0.151 e. The largest absolute Gasteiger partial charge is 0.384 e. The highest BCUT2D eigenvalue weighted by Crippen LogP contribution is 2.16. The third-order valence-electron chi connectivity index (χ3n) is 3.68. The van der Waals surface area contributed by atoms with Gasteiger partial charge in [0.25, 0.3) is 0 Å². The molecule has 1 heterocycles. The first-order valence-corrected chi connectivity index (χ1v) is 8.50. The fourth-order valence-corrected chi connectivity index (χ4v) is 4.16. The molecule has 1 atom stereocenters. The van der Waals surface area contributed by atoms with Crippen LogP contribution in [0.5, 0.6) is 0 Å². The Morgan fingerprint density at radius 3 is 2.58 bits per heavy atom. The number of hydrogen-bond donors (Lipinski definition) is 1. The third-order valence-corrected chi connectivity index (χ3v) is 5.43. The van der Waals surface area contributed by atoms with E-state index in [1.165, 1.54) is 5.56 Å². The molecule has 19 heavy (non-hydrogen) atoms. The van der Waals surface area contributed by atoms with Crippen LogP contribution in [0.3, 0.4) is 0 Å². The molecule has 0 aliphatic carbocycles. The zero-order valence-corrected chi connectivity index (χ0v) is 12.4. The summed E-state index contributed by atoms with van der Waals surface area (Å²) in [6.45, 7) is 3.75. The molecule has 0 aromatic heterocycles. The summed E-state index contributed by atoms with van der Waals surface area (Å²) < 4.78 is 22.9. The lowest BCUT2D eigenvalue weighted by atomic mass is 10.2. The average molecular weight is 282 g/mol. The van der Waals surface area contributed by atoms with Gasteiger partial charge in [0.2, 0.25) is 0 Å². The minimum Gasteiger partial charge on any atom is -0.384 e. The first-order chi connectivity index (χ1) is 8.96. The van der Waals surface area contributed by atoms with Crippen LogP contribution >= 0.6 is 0 Å². The van der Waals surface area contributed by atoms with E-state index in [0.29, 0.717) is 11.5 Å². The normalized spacial score (nSPS) is 21.7. The SMILES string of the molecule is Cc1ccc(NCCN(C)C2CCS(=O)(=O)C2)cc1. The van der Waals surface area contributed by atoms with Gasteiger partial charge in [-0.1, -0.05) is 17.7 Å². The van der Waals surface area contributed by atoms with Gasteiger partial charge in [-0.25, -0.2) is 8.42 Å². The molecule has 0 amide bonds. The Labute approximate surface area is 115 Å². The Morgan fingerprint density at radius 2 is 2.00 bits per heavy atom. The number of nitrogens with one attached hydrogen (secondary N) is 1. The average Bonchev–Trinajstić information content (AvgIpc) is 2.72. The standard InChI is InChI=1S/C14H22N2O2S/c1-12-3-5-13(6-4-12)15-8-9-16(2)14-7-10-19(17,18)11-14/h3-6,14-15H,7-11H2,1-2H3. The van der Waals surface area contributed by atoms with Crippen LogP contribution < -0.4 is 5.32 Å². The van der Waals surface area contributed by atoms with Crippen LogP contribution in [0.25, 0.3) is 0 Å². The van der Waals surface area contributed by atoms with Crippen LogP contribution in [0.2, 0.25) is 0 Å².